The van der Waals surface area contributed by atoms with Crippen LogP contribution in [-0.4, -0.2) is 53.5 Å². The number of para-hydroxylation sites is 1. The zero-order chi connectivity index (χ0) is 19.8. The molecule has 0 saturated carbocycles. The van der Waals surface area contributed by atoms with Crippen molar-refractivity contribution in [3.05, 3.63) is 55.0 Å². The van der Waals surface area contributed by atoms with E-state index < -0.39 is 15.6 Å². The van der Waals surface area contributed by atoms with Crippen LogP contribution in [0.2, 0.25) is 0 Å². The standard InChI is InChI=1S/C9H7N.C6H12N2.CHF3O3S/c1-2-6-9-8(4-1)5-3-7-10-9;1-3-8-5-4-7(2)6-8;2-1(3,4)8(5,6)7/h1-7H;4-5H,3,6H2,1-2H3;(H,5,6,7). The summed E-state index contributed by atoms with van der Waals surface area (Å²) in [6, 6.07) is 12.1. The maximum absolute atomic E-state index is 10.7. The molecule has 26 heavy (non-hydrogen) atoms. The number of nitrogens with zero attached hydrogens (tertiary/aromatic N) is 3. The molecule has 0 saturated heterocycles. The molecule has 0 unspecified atom stereocenters. The summed E-state index contributed by atoms with van der Waals surface area (Å²) in [4.78, 5) is 8.59. The quantitative estimate of drug-likeness (QED) is 0.594. The number of rotatable bonds is 1. The van der Waals surface area contributed by atoms with Crippen LogP contribution >= 0.6 is 0 Å². The first-order chi connectivity index (χ1) is 12.0. The fourth-order valence-electron chi connectivity index (χ4n) is 1.81. The second-order valence-corrected chi connectivity index (χ2v) is 6.63. The van der Waals surface area contributed by atoms with Gasteiger partial charge in [0.1, 0.15) is 0 Å². The number of alkyl halides is 3. The molecule has 2 aromatic rings. The van der Waals surface area contributed by atoms with Crippen LogP contribution in [0.25, 0.3) is 10.9 Å². The van der Waals surface area contributed by atoms with Gasteiger partial charge in [-0.3, -0.25) is 9.54 Å². The predicted octanol–water partition coefficient (Wildman–Crippen LogP) is 3.31. The zero-order valence-electron chi connectivity index (χ0n) is 14.3. The molecular formula is C16H20F3N3O3S. The van der Waals surface area contributed by atoms with Crippen molar-refractivity contribution >= 4 is 21.0 Å². The fraction of sp³-hybridized carbons (Fsp3) is 0.312. The lowest BCUT2D eigenvalue weighted by molar-refractivity contribution is -0.0510. The Morgan fingerprint density at radius 2 is 1.73 bits per heavy atom. The molecule has 0 bridgehead atoms. The summed E-state index contributed by atoms with van der Waals surface area (Å²) in [5.41, 5.74) is -4.47. The van der Waals surface area contributed by atoms with Gasteiger partial charge in [-0.1, -0.05) is 24.3 Å². The summed E-state index contributed by atoms with van der Waals surface area (Å²) in [7, 11) is -3.76. The average Bonchev–Trinajstić information content (AvgIpc) is 3.00. The molecule has 0 atom stereocenters. The molecule has 0 amide bonds. The normalized spacial score (nSPS) is 13.8. The SMILES string of the molecule is CCN1C=CN(C)C1.O=S(=O)(O)C(F)(F)F.c1ccc2ncccc2c1. The molecule has 0 radical (unpaired) electrons. The average molecular weight is 391 g/mol. The smallest absolute Gasteiger partial charge is 0.362 e. The molecule has 1 aliphatic rings. The molecule has 1 N–H and O–H groups in total. The van der Waals surface area contributed by atoms with Crippen molar-refractivity contribution in [1.82, 2.24) is 14.8 Å². The first-order valence-electron chi connectivity index (χ1n) is 7.50. The topological polar surface area (TPSA) is 73.7 Å². The van der Waals surface area contributed by atoms with Crippen LogP contribution in [0.3, 0.4) is 0 Å². The van der Waals surface area contributed by atoms with Gasteiger partial charge in [0.15, 0.2) is 0 Å². The maximum Gasteiger partial charge on any atom is 0.522 e. The van der Waals surface area contributed by atoms with Gasteiger partial charge < -0.3 is 9.80 Å². The van der Waals surface area contributed by atoms with Crippen molar-refractivity contribution in [3.8, 4) is 0 Å². The van der Waals surface area contributed by atoms with Gasteiger partial charge in [-0.15, -0.1) is 0 Å². The number of fused-ring (bicyclic) bond motifs is 1. The van der Waals surface area contributed by atoms with Crippen molar-refractivity contribution in [2.24, 2.45) is 0 Å². The van der Waals surface area contributed by atoms with Crippen molar-refractivity contribution in [2.45, 2.75) is 12.4 Å². The minimum Gasteiger partial charge on any atom is -0.362 e. The Balaban J connectivity index is 0.000000198. The highest BCUT2D eigenvalue weighted by molar-refractivity contribution is 7.86. The van der Waals surface area contributed by atoms with Gasteiger partial charge in [-0.25, -0.2) is 0 Å². The lowest BCUT2D eigenvalue weighted by Gasteiger charge is -2.14. The number of halogens is 3. The molecule has 1 aromatic carbocycles. The molecule has 0 aliphatic carbocycles. The number of hydrogen-bond donors (Lipinski definition) is 1. The van der Waals surface area contributed by atoms with Gasteiger partial charge >= 0.3 is 15.6 Å². The maximum atomic E-state index is 10.7. The molecule has 10 heteroatoms. The minimum absolute atomic E-state index is 1.05. The lowest BCUT2D eigenvalue weighted by atomic mass is 10.2. The van der Waals surface area contributed by atoms with E-state index in [1.165, 1.54) is 5.39 Å². The summed E-state index contributed by atoms with van der Waals surface area (Å²) in [6.07, 6.45) is 6.01. The van der Waals surface area contributed by atoms with E-state index in [0.717, 1.165) is 18.7 Å². The summed E-state index contributed by atoms with van der Waals surface area (Å²) in [5, 5.41) is 1.20. The van der Waals surface area contributed by atoms with E-state index in [1.807, 2.05) is 30.5 Å². The van der Waals surface area contributed by atoms with E-state index in [1.54, 1.807) is 0 Å². The van der Waals surface area contributed by atoms with Gasteiger partial charge in [-0.05, 0) is 19.1 Å². The Kier molecular flexibility index (Phi) is 7.84. The summed E-state index contributed by atoms with van der Waals surface area (Å²) in [5.74, 6) is 0. The molecular weight excluding hydrogens is 371 g/mol. The van der Waals surface area contributed by atoms with E-state index in [9.17, 15) is 13.2 Å². The van der Waals surface area contributed by atoms with Crippen molar-refractivity contribution < 1.29 is 26.1 Å². The molecule has 0 spiro atoms. The van der Waals surface area contributed by atoms with E-state index >= 15 is 0 Å². The third-order valence-electron chi connectivity index (χ3n) is 3.15. The zero-order valence-corrected chi connectivity index (χ0v) is 15.1. The Bertz CT molecular complexity index is 761. The van der Waals surface area contributed by atoms with Crippen LogP contribution in [-0.2, 0) is 10.1 Å². The molecule has 144 valence electrons. The molecule has 0 fully saturated rings. The first kappa shape index (κ1) is 21.7. The number of aromatic nitrogens is 1. The lowest BCUT2D eigenvalue weighted by Crippen LogP contribution is -2.21. The molecule has 1 aromatic heterocycles. The second-order valence-electron chi connectivity index (χ2n) is 5.22. The van der Waals surface area contributed by atoms with Gasteiger partial charge in [0.05, 0.1) is 12.2 Å². The van der Waals surface area contributed by atoms with E-state index in [0.29, 0.717) is 0 Å². The monoisotopic (exact) mass is 391 g/mol. The summed E-state index contributed by atoms with van der Waals surface area (Å²) < 4.78 is 57.5. The van der Waals surface area contributed by atoms with Crippen LogP contribution in [0.15, 0.2) is 55.0 Å². The highest BCUT2D eigenvalue weighted by atomic mass is 32.2. The van der Waals surface area contributed by atoms with Crippen LogP contribution < -0.4 is 0 Å². The highest BCUT2D eigenvalue weighted by Gasteiger charge is 2.44. The Labute approximate surface area is 150 Å². The number of benzene rings is 1. The van der Waals surface area contributed by atoms with Crippen LogP contribution in [0.1, 0.15) is 6.92 Å². The van der Waals surface area contributed by atoms with Crippen LogP contribution in [0.4, 0.5) is 13.2 Å². The van der Waals surface area contributed by atoms with Gasteiger partial charge in [0.2, 0.25) is 0 Å². The van der Waals surface area contributed by atoms with E-state index in [-0.39, 0.29) is 0 Å². The fourth-order valence-corrected chi connectivity index (χ4v) is 1.81. The van der Waals surface area contributed by atoms with Crippen molar-refractivity contribution in [1.29, 1.82) is 0 Å². The first-order valence-corrected chi connectivity index (χ1v) is 8.94. The second kappa shape index (κ2) is 9.39. The van der Waals surface area contributed by atoms with Gasteiger partial charge in [0, 0.05) is 37.6 Å². The molecule has 2 heterocycles. The number of hydrogen-bond acceptors (Lipinski definition) is 5. The molecule has 3 rings (SSSR count). The van der Waals surface area contributed by atoms with Gasteiger partial charge in [-0.2, -0.15) is 21.6 Å². The van der Waals surface area contributed by atoms with Crippen molar-refractivity contribution in [2.75, 3.05) is 20.3 Å². The molecule has 6 nitrogen and oxygen atoms in total. The third-order valence-corrected chi connectivity index (χ3v) is 3.73. The third kappa shape index (κ3) is 7.28. The molecule has 1 aliphatic heterocycles. The van der Waals surface area contributed by atoms with Gasteiger partial charge in [0.25, 0.3) is 0 Å². The minimum atomic E-state index is -5.84. The summed E-state index contributed by atoms with van der Waals surface area (Å²) in [6.45, 7) is 4.32. The van der Waals surface area contributed by atoms with Crippen molar-refractivity contribution in [3.63, 3.8) is 0 Å². The Morgan fingerprint density at radius 1 is 1.15 bits per heavy atom. The van der Waals surface area contributed by atoms with Crippen LogP contribution in [0.5, 0.6) is 0 Å². The van der Waals surface area contributed by atoms with E-state index in [4.69, 9.17) is 13.0 Å². The Hall–Kier alpha value is -2.33. The van der Waals surface area contributed by atoms with Crippen LogP contribution in [0, 0.1) is 0 Å². The predicted molar refractivity (Wildman–Crippen MR) is 93.5 cm³/mol. The number of pyridine rings is 1. The largest absolute Gasteiger partial charge is 0.522 e. The van der Waals surface area contributed by atoms with E-state index in [2.05, 4.69) is 53.3 Å². The Morgan fingerprint density at radius 3 is 2.15 bits per heavy atom. The summed E-state index contributed by atoms with van der Waals surface area (Å²) >= 11 is 0. The highest BCUT2D eigenvalue weighted by Crippen LogP contribution is 2.20.